The summed E-state index contributed by atoms with van der Waals surface area (Å²) >= 11 is 0. The van der Waals surface area contributed by atoms with Crippen LogP contribution in [0.2, 0.25) is 0 Å². The van der Waals surface area contributed by atoms with E-state index in [-0.39, 0.29) is 10.8 Å². The summed E-state index contributed by atoms with van der Waals surface area (Å²) in [5.41, 5.74) is 5.75. The molecule has 7 atom stereocenters. The molecule has 0 aromatic rings. The van der Waals surface area contributed by atoms with E-state index in [9.17, 15) is 5.11 Å². The number of rotatable bonds is 4. The van der Waals surface area contributed by atoms with Crippen molar-refractivity contribution in [2.75, 3.05) is 0 Å². The van der Waals surface area contributed by atoms with E-state index < -0.39 is 5.60 Å². The molecule has 4 rings (SSSR count). The minimum absolute atomic E-state index is 0.0160. The molecule has 2 saturated carbocycles. The zero-order chi connectivity index (χ0) is 23.7. The molecule has 4 aliphatic rings. The third kappa shape index (κ3) is 3.26. The number of aliphatic hydroxyl groups is 1. The van der Waals surface area contributed by atoms with Crippen LogP contribution in [0.3, 0.4) is 0 Å². The maximum atomic E-state index is 11.3. The first kappa shape index (κ1) is 24.6. The molecule has 1 N–H and O–H groups in total. The lowest BCUT2D eigenvalue weighted by molar-refractivity contribution is -0.158. The van der Waals surface area contributed by atoms with Crippen LogP contribution in [-0.4, -0.2) is 10.7 Å². The normalized spacial score (nSPS) is 46.2. The van der Waals surface area contributed by atoms with Crippen LogP contribution in [0.15, 0.2) is 22.8 Å². The Hall–Kier alpha value is -0.560. The van der Waals surface area contributed by atoms with Gasteiger partial charge in [0.05, 0.1) is 5.60 Å². The van der Waals surface area contributed by atoms with Crippen LogP contribution >= 0.6 is 0 Å². The van der Waals surface area contributed by atoms with Crippen LogP contribution in [0, 0.1) is 39.4 Å². The van der Waals surface area contributed by atoms with Gasteiger partial charge in [-0.1, -0.05) is 64.3 Å². The van der Waals surface area contributed by atoms with E-state index in [1.165, 1.54) is 63.4 Å². The van der Waals surface area contributed by atoms with Crippen molar-refractivity contribution in [2.24, 2.45) is 39.4 Å². The minimum Gasteiger partial charge on any atom is -0.390 e. The first-order valence-electron chi connectivity index (χ1n) is 13.8. The molecule has 0 aromatic heterocycles. The summed E-state index contributed by atoms with van der Waals surface area (Å²) in [5.74, 6) is 2.28. The van der Waals surface area contributed by atoms with Crippen LogP contribution in [0.4, 0.5) is 0 Å². The predicted molar refractivity (Wildman–Crippen MR) is 137 cm³/mol. The molecule has 0 aliphatic heterocycles. The van der Waals surface area contributed by atoms with Gasteiger partial charge in [-0.05, 0) is 124 Å². The molecule has 0 unspecified atom stereocenters. The Kier molecular flexibility index (Phi) is 5.93. The van der Waals surface area contributed by atoms with Gasteiger partial charge in [0.1, 0.15) is 0 Å². The van der Waals surface area contributed by atoms with Crippen molar-refractivity contribution in [1.82, 2.24) is 0 Å². The molecule has 32 heavy (non-hydrogen) atoms. The standard InChI is InChI=1S/C31H52O/c1-21(2)11-10-12-22(3)23-15-17-30(8)25-13-14-26-27(4,5)31(9,32)20-19-28(26,6)24(25)16-18-29(23,30)7/h11,22-23,26,32H,10,12-20H2,1-9H3/t22-,23+,26-,28+,29+,30-,31-/m0/s1. The summed E-state index contributed by atoms with van der Waals surface area (Å²) in [6.45, 7) is 21.8. The van der Waals surface area contributed by atoms with Gasteiger partial charge in [-0.3, -0.25) is 0 Å². The van der Waals surface area contributed by atoms with E-state index in [0.29, 0.717) is 16.7 Å². The Morgan fingerprint density at radius 1 is 0.938 bits per heavy atom. The van der Waals surface area contributed by atoms with Crippen LogP contribution in [0.5, 0.6) is 0 Å². The van der Waals surface area contributed by atoms with Gasteiger partial charge in [0, 0.05) is 0 Å². The first-order valence-corrected chi connectivity index (χ1v) is 13.8. The zero-order valence-corrected chi connectivity index (χ0v) is 22.8. The van der Waals surface area contributed by atoms with E-state index in [4.69, 9.17) is 0 Å². The monoisotopic (exact) mass is 440 g/mol. The molecule has 1 nitrogen and oxygen atoms in total. The van der Waals surface area contributed by atoms with Crippen molar-refractivity contribution in [3.05, 3.63) is 22.8 Å². The summed E-state index contributed by atoms with van der Waals surface area (Å²) in [4.78, 5) is 0. The van der Waals surface area contributed by atoms with E-state index in [0.717, 1.165) is 18.3 Å². The summed E-state index contributed by atoms with van der Waals surface area (Å²) < 4.78 is 0. The Morgan fingerprint density at radius 2 is 1.62 bits per heavy atom. The number of allylic oxidation sites excluding steroid dienone is 4. The van der Waals surface area contributed by atoms with Crippen molar-refractivity contribution >= 4 is 0 Å². The van der Waals surface area contributed by atoms with Gasteiger partial charge in [0.15, 0.2) is 0 Å². The maximum Gasteiger partial charge on any atom is 0.0673 e. The van der Waals surface area contributed by atoms with Gasteiger partial charge in [-0.25, -0.2) is 0 Å². The second-order valence-corrected chi connectivity index (χ2v) is 14.2. The van der Waals surface area contributed by atoms with Gasteiger partial charge in [-0.2, -0.15) is 0 Å². The molecule has 0 amide bonds. The molecule has 1 heteroatoms. The van der Waals surface area contributed by atoms with Crippen LogP contribution < -0.4 is 0 Å². The van der Waals surface area contributed by atoms with Gasteiger partial charge in [-0.15, -0.1) is 0 Å². The molecule has 0 bridgehead atoms. The fourth-order valence-electron chi connectivity index (χ4n) is 9.59. The van der Waals surface area contributed by atoms with Crippen molar-refractivity contribution in [3.63, 3.8) is 0 Å². The topological polar surface area (TPSA) is 20.2 Å². The summed E-state index contributed by atoms with van der Waals surface area (Å²) in [6.07, 6.45) is 15.2. The molecule has 0 radical (unpaired) electrons. The van der Waals surface area contributed by atoms with E-state index in [1.54, 1.807) is 0 Å². The van der Waals surface area contributed by atoms with Crippen molar-refractivity contribution in [3.8, 4) is 0 Å². The molecular formula is C31H52O. The molecule has 182 valence electrons. The summed E-state index contributed by atoms with van der Waals surface area (Å²) in [6, 6.07) is 0. The Bertz CT molecular complexity index is 808. The highest BCUT2D eigenvalue weighted by Crippen LogP contribution is 2.73. The summed E-state index contributed by atoms with van der Waals surface area (Å²) in [5, 5.41) is 11.3. The quantitative estimate of drug-likeness (QED) is 0.433. The molecule has 0 saturated heterocycles. The van der Waals surface area contributed by atoms with Gasteiger partial charge in [0.25, 0.3) is 0 Å². The molecule has 0 spiro atoms. The average Bonchev–Trinajstić information content (AvgIpc) is 2.97. The molecular weight excluding hydrogens is 388 g/mol. The van der Waals surface area contributed by atoms with Crippen molar-refractivity contribution in [2.45, 2.75) is 132 Å². The van der Waals surface area contributed by atoms with Gasteiger partial charge < -0.3 is 5.11 Å². The van der Waals surface area contributed by atoms with Crippen molar-refractivity contribution in [1.29, 1.82) is 0 Å². The molecule has 0 aromatic carbocycles. The minimum atomic E-state index is -0.540. The zero-order valence-electron chi connectivity index (χ0n) is 22.8. The maximum absolute atomic E-state index is 11.3. The second-order valence-electron chi connectivity index (χ2n) is 14.2. The van der Waals surface area contributed by atoms with Crippen LogP contribution in [-0.2, 0) is 0 Å². The lowest BCUT2D eigenvalue weighted by Gasteiger charge is -2.64. The van der Waals surface area contributed by atoms with E-state index in [2.05, 4.69) is 68.4 Å². The third-order valence-corrected chi connectivity index (χ3v) is 12.4. The van der Waals surface area contributed by atoms with Crippen LogP contribution in [0.1, 0.15) is 127 Å². The van der Waals surface area contributed by atoms with E-state index in [1.807, 2.05) is 11.1 Å². The average molecular weight is 441 g/mol. The fraction of sp³-hybridized carbons (Fsp3) is 0.871. The summed E-state index contributed by atoms with van der Waals surface area (Å²) in [7, 11) is 0. The van der Waals surface area contributed by atoms with E-state index >= 15 is 0 Å². The lowest BCUT2D eigenvalue weighted by atomic mass is 9.41. The largest absolute Gasteiger partial charge is 0.390 e. The first-order chi connectivity index (χ1) is 14.7. The van der Waals surface area contributed by atoms with Gasteiger partial charge >= 0.3 is 0 Å². The Labute approximate surface area is 199 Å². The fourth-order valence-corrected chi connectivity index (χ4v) is 9.59. The molecule has 0 heterocycles. The number of fused-ring (bicyclic) bond motifs is 4. The Morgan fingerprint density at radius 3 is 2.28 bits per heavy atom. The third-order valence-electron chi connectivity index (χ3n) is 12.4. The van der Waals surface area contributed by atoms with Crippen molar-refractivity contribution < 1.29 is 5.11 Å². The van der Waals surface area contributed by atoms with Crippen LogP contribution in [0.25, 0.3) is 0 Å². The predicted octanol–water partition coefficient (Wildman–Crippen LogP) is 8.87. The second kappa shape index (κ2) is 7.73. The highest BCUT2D eigenvalue weighted by Gasteiger charge is 2.64. The SMILES string of the molecule is CC(C)=CCC[C@H](C)[C@H]1CC[C@@]2(C)C3=C(CC[C@]12C)[C@@]1(C)CC[C@](C)(O)C(C)(C)[C@@H]1CC3. The van der Waals surface area contributed by atoms with Gasteiger partial charge in [0.2, 0.25) is 0 Å². The Balaban J connectivity index is 1.66. The number of hydrogen-bond acceptors (Lipinski definition) is 1. The lowest BCUT2D eigenvalue weighted by Crippen LogP contribution is -2.59. The molecule has 4 aliphatic carbocycles. The smallest absolute Gasteiger partial charge is 0.0673 e. The molecule has 2 fully saturated rings. The highest BCUT2D eigenvalue weighted by atomic mass is 16.3. The number of hydrogen-bond donors (Lipinski definition) is 1. The highest BCUT2D eigenvalue weighted by molar-refractivity contribution is 5.39.